The van der Waals surface area contributed by atoms with E-state index in [1.807, 2.05) is 25.1 Å². The lowest BCUT2D eigenvalue weighted by Gasteiger charge is -2.61. The second-order valence-corrected chi connectivity index (χ2v) is 17.4. The number of hydrogen-bond donors (Lipinski definition) is 2. The Kier molecular flexibility index (Phi) is 8.97. The fraction of sp³-hybridized carbons (Fsp3) is 0.707. The number of ether oxygens (including phenoxy) is 2. The zero-order valence-electron chi connectivity index (χ0n) is 29.4. The number of fused-ring (bicyclic) bond motifs is 1. The van der Waals surface area contributed by atoms with Crippen molar-refractivity contribution >= 4 is 22.7 Å². The first-order valence-corrected chi connectivity index (χ1v) is 19.4. The average Bonchev–Trinajstić information content (AvgIpc) is 3.59. The molecule has 6 atom stereocenters. The predicted octanol–water partition coefficient (Wildman–Crippen LogP) is 6.54. The number of esters is 2. The molecule has 0 spiro atoms. The Morgan fingerprint density at radius 1 is 0.735 bits per heavy atom. The van der Waals surface area contributed by atoms with E-state index in [9.17, 15) is 19.8 Å². The highest BCUT2D eigenvalue weighted by Crippen LogP contribution is 2.64. The topological polar surface area (TPSA) is 99.5 Å². The van der Waals surface area contributed by atoms with Crippen molar-refractivity contribution in [2.45, 2.75) is 114 Å². The van der Waals surface area contributed by atoms with Gasteiger partial charge in [0.2, 0.25) is 0 Å². The molecule has 8 nitrogen and oxygen atoms in total. The van der Waals surface area contributed by atoms with Gasteiger partial charge in [-0.2, -0.15) is 0 Å². The molecule has 4 heterocycles. The van der Waals surface area contributed by atoms with Crippen LogP contribution in [-0.2, 0) is 24.7 Å². The first-order chi connectivity index (χ1) is 23.6. The van der Waals surface area contributed by atoms with Gasteiger partial charge in [0.15, 0.2) is 0 Å². The van der Waals surface area contributed by atoms with E-state index in [0.717, 1.165) is 87.7 Å². The van der Waals surface area contributed by atoms with Gasteiger partial charge in [-0.05, 0) is 150 Å². The SMILES string of the molecule is CC1(c2ccc3cc(O)ccc3c2)CC(CN2CCCCC2)C(=O)O1.O=C1OC(C23CC4CC(CC(O)(C4)C2)C3)CC1CN1CCCCC1. The molecule has 4 saturated carbocycles. The van der Waals surface area contributed by atoms with Gasteiger partial charge in [0.25, 0.3) is 0 Å². The number of rotatable bonds is 6. The van der Waals surface area contributed by atoms with Crippen molar-refractivity contribution in [1.82, 2.24) is 9.80 Å². The largest absolute Gasteiger partial charge is 0.508 e. The Hall–Kier alpha value is -2.68. The van der Waals surface area contributed by atoms with E-state index in [-0.39, 0.29) is 41.0 Å². The van der Waals surface area contributed by atoms with Crippen molar-refractivity contribution in [2.75, 3.05) is 39.3 Å². The van der Waals surface area contributed by atoms with E-state index >= 15 is 0 Å². The van der Waals surface area contributed by atoms with Crippen LogP contribution in [0.4, 0.5) is 0 Å². The minimum absolute atomic E-state index is 0.0355. The summed E-state index contributed by atoms with van der Waals surface area (Å²) in [5, 5.41) is 22.6. The highest BCUT2D eigenvalue weighted by molar-refractivity contribution is 5.85. The van der Waals surface area contributed by atoms with Crippen molar-refractivity contribution in [1.29, 1.82) is 0 Å². The minimum atomic E-state index is -0.566. The third kappa shape index (κ3) is 6.86. The molecule has 0 aromatic heterocycles. The predicted molar refractivity (Wildman–Crippen MR) is 188 cm³/mol. The molecule has 0 radical (unpaired) electrons. The molecule has 8 heteroatoms. The van der Waals surface area contributed by atoms with Crippen LogP contribution in [0.15, 0.2) is 36.4 Å². The summed E-state index contributed by atoms with van der Waals surface area (Å²) in [6, 6.07) is 11.4. The third-order valence-corrected chi connectivity index (χ3v) is 13.4. The average molecular weight is 673 g/mol. The lowest BCUT2D eigenvalue weighted by Crippen LogP contribution is -2.59. The molecule has 49 heavy (non-hydrogen) atoms. The Morgan fingerprint density at radius 2 is 1.35 bits per heavy atom. The van der Waals surface area contributed by atoms with Gasteiger partial charge in [0, 0.05) is 24.9 Å². The maximum Gasteiger partial charge on any atom is 0.311 e. The smallest absolute Gasteiger partial charge is 0.311 e. The summed E-state index contributed by atoms with van der Waals surface area (Å²) in [6.07, 6.45) is 15.8. The molecule has 8 fully saturated rings. The Bertz CT molecular complexity index is 1530. The molecule has 4 saturated heterocycles. The molecule has 4 aliphatic heterocycles. The summed E-state index contributed by atoms with van der Waals surface area (Å²) in [5.74, 6) is 1.58. The van der Waals surface area contributed by atoms with Crippen LogP contribution in [0.2, 0.25) is 0 Å². The van der Waals surface area contributed by atoms with Gasteiger partial charge in [-0.1, -0.05) is 31.0 Å². The van der Waals surface area contributed by atoms with E-state index in [1.165, 1.54) is 57.8 Å². The number of carbonyl (C=O) groups excluding carboxylic acids is 2. The molecule has 4 bridgehead atoms. The van der Waals surface area contributed by atoms with E-state index < -0.39 is 11.2 Å². The van der Waals surface area contributed by atoms with E-state index in [4.69, 9.17) is 9.47 Å². The van der Waals surface area contributed by atoms with E-state index in [2.05, 4.69) is 15.9 Å². The lowest BCUT2D eigenvalue weighted by molar-refractivity contribution is -0.199. The van der Waals surface area contributed by atoms with Crippen molar-refractivity contribution in [2.24, 2.45) is 29.1 Å². The van der Waals surface area contributed by atoms with Gasteiger partial charge < -0.3 is 29.5 Å². The van der Waals surface area contributed by atoms with Gasteiger partial charge in [-0.25, -0.2) is 0 Å². The number of nitrogens with zero attached hydrogens (tertiary/aromatic N) is 2. The van der Waals surface area contributed by atoms with Crippen LogP contribution in [-0.4, -0.2) is 82.9 Å². The zero-order chi connectivity index (χ0) is 33.8. The zero-order valence-corrected chi connectivity index (χ0v) is 29.4. The summed E-state index contributed by atoms with van der Waals surface area (Å²) >= 11 is 0. The highest BCUT2D eigenvalue weighted by Gasteiger charge is 2.62. The fourth-order valence-electron chi connectivity index (χ4n) is 11.5. The maximum absolute atomic E-state index is 12.5. The van der Waals surface area contributed by atoms with Gasteiger partial charge in [-0.15, -0.1) is 0 Å². The lowest BCUT2D eigenvalue weighted by atomic mass is 9.46. The third-order valence-electron chi connectivity index (χ3n) is 13.4. The monoisotopic (exact) mass is 672 g/mol. The van der Waals surface area contributed by atoms with Crippen LogP contribution in [0, 0.1) is 29.1 Å². The second kappa shape index (κ2) is 13.1. The van der Waals surface area contributed by atoms with Crippen LogP contribution in [0.3, 0.4) is 0 Å². The van der Waals surface area contributed by atoms with Gasteiger partial charge >= 0.3 is 11.9 Å². The number of phenolic OH excluding ortho intramolecular Hbond substituents is 1. The second-order valence-electron chi connectivity index (χ2n) is 17.4. The molecule has 2 aromatic rings. The first-order valence-electron chi connectivity index (χ1n) is 19.4. The van der Waals surface area contributed by atoms with Gasteiger partial charge in [-0.3, -0.25) is 9.59 Å². The minimum Gasteiger partial charge on any atom is -0.508 e. The standard InChI is InChI=1S/C21H25NO3.C20H31NO3/c1-21(18-7-5-16-12-19(23)8-6-15(16)11-18)13-17(20(24)25-21)14-22-9-3-2-4-10-22;22-18-16(12-21-4-2-1-3-5-21)7-17(24-18)19-8-14-6-15(9-19)11-20(23,10-14)13-19/h5-8,11-12,17,23H,2-4,9-10,13-14H2,1H3;14-17,23H,1-13H2. The molecule has 2 aromatic carbocycles. The van der Waals surface area contributed by atoms with Crippen LogP contribution < -0.4 is 0 Å². The maximum atomic E-state index is 12.5. The van der Waals surface area contributed by atoms with Gasteiger partial charge in [0.1, 0.15) is 17.5 Å². The Balaban J connectivity index is 0.000000142. The van der Waals surface area contributed by atoms with Crippen LogP contribution >= 0.6 is 0 Å². The number of piperidine rings is 2. The summed E-state index contributed by atoms with van der Waals surface area (Å²) in [5.41, 5.74) is 0.0936. The summed E-state index contributed by atoms with van der Waals surface area (Å²) < 4.78 is 11.8. The van der Waals surface area contributed by atoms with Crippen molar-refractivity contribution in [3.05, 3.63) is 42.0 Å². The molecular weight excluding hydrogens is 616 g/mol. The van der Waals surface area contributed by atoms with Crippen molar-refractivity contribution < 1.29 is 29.3 Å². The number of aliphatic hydroxyl groups is 1. The van der Waals surface area contributed by atoms with E-state index in [0.29, 0.717) is 11.8 Å². The van der Waals surface area contributed by atoms with E-state index in [1.54, 1.807) is 12.1 Å². The Labute approximate surface area is 291 Å². The van der Waals surface area contributed by atoms with Crippen LogP contribution in [0.25, 0.3) is 10.8 Å². The number of carbonyl (C=O) groups is 2. The normalized spacial score (nSPS) is 39.1. The quantitative estimate of drug-likeness (QED) is 0.334. The Morgan fingerprint density at radius 3 is 2.00 bits per heavy atom. The molecule has 10 rings (SSSR count). The first kappa shape index (κ1) is 33.5. The van der Waals surface area contributed by atoms with Crippen molar-refractivity contribution in [3.63, 3.8) is 0 Å². The number of aromatic hydroxyl groups is 1. The fourth-order valence-corrected chi connectivity index (χ4v) is 11.5. The summed E-state index contributed by atoms with van der Waals surface area (Å²) in [6.45, 7) is 8.20. The summed E-state index contributed by atoms with van der Waals surface area (Å²) in [4.78, 5) is 29.9. The molecule has 6 unspecified atom stereocenters. The number of phenols is 1. The van der Waals surface area contributed by atoms with Crippen molar-refractivity contribution in [3.8, 4) is 5.75 Å². The molecule has 266 valence electrons. The number of hydrogen-bond acceptors (Lipinski definition) is 8. The molecule has 8 aliphatic rings. The molecular formula is C41H56N2O6. The van der Waals surface area contributed by atoms with Crippen LogP contribution in [0.5, 0.6) is 5.75 Å². The molecule has 0 amide bonds. The van der Waals surface area contributed by atoms with Crippen LogP contribution in [0.1, 0.15) is 102 Å². The molecule has 2 N–H and O–H groups in total. The number of benzene rings is 2. The number of cyclic esters (lactones) is 2. The highest BCUT2D eigenvalue weighted by atomic mass is 16.6. The number of likely N-dealkylation sites (tertiary alicyclic amines) is 2. The summed E-state index contributed by atoms with van der Waals surface area (Å²) in [7, 11) is 0. The van der Waals surface area contributed by atoms with Gasteiger partial charge in [0.05, 0.1) is 17.4 Å². The molecule has 4 aliphatic carbocycles.